The number of hydrogen-bond donors (Lipinski definition) is 1. The molecular weight excluding hydrogens is 337 g/mol. The van der Waals surface area contributed by atoms with E-state index in [1.165, 1.54) is 43.2 Å². The summed E-state index contributed by atoms with van der Waals surface area (Å²) in [6, 6.07) is 15.6. The Bertz CT molecular complexity index is 723. The molecule has 1 saturated heterocycles. The van der Waals surface area contributed by atoms with E-state index in [-0.39, 0.29) is 5.82 Å². The van der Waals surface area contributed by atoms with Crippen molar-refractivity contribution in [2.24, 2.45) is 5.92 Å². The summed E-state index contributed by atoms with van der Waals surface area (Å²) >= 11 is 0. The van der Waals surface area contributed by atoms with Gasteiger partial charge in [-0.2, -0.15) is 0 Å². The fraction of sp³-hybridized carbons (Fsp3) is 0.500. The van der Waals surface area contributed by atoms with E-state index in [1.807, 2.05) is 12.1 Å². The van der Waals surface area contributed by atoms with Crippen LogP contribution in [0.15, 0.2) is 48.5 Å². The van der Waals surface area contributed by atoms with Gasteiger partial charge in [-0.1, -0.05) is 49.6 Å². The van der Waals surface area contributed by atoms with Gasteiger partial charge in [0.2, 0.25) is 0 Å². The molecule has 0 amide bonds. The average Bonchev–Trinajstić information content (AvgIpc) is 2.74. The molecule has 1 aliphatic carbocycles. The average molecular weight is 368 g/mol. The minimum atomic E-state index is -0.165. The van der Waals surface area contributed by atoms with Gasteiger partial charge in [0.15, 0.2) is 0 Å². The summed E-state index contributed by atoms with van der Waals surface area (Å²) in [7, 11) is 0. The Hall–Kier alpha value is -1.87. The quantitative estimate of drug-likeness (QED) is 0.738. The fourth-order valence-electron chi connectivity index (χ4n) is 4.81. The van der Waals surface area contributed by atoms with E-state index in [1.54, 1.807) is 12.1 Å². The Morgan fingerprint density at radius 3 is 2.52 bits per heavy atom. The van der Waals surface area contributed by atoms with Gasteiger partial charge in [-0.05, 0) is 67.0 Å². The molecule has 2 aromatic rings. The van der Waals surface area contributed by atoms with Crippen LogP contribution in [0.4, 0.5) is 4.39 Å². The molecule has 0 aromatic heterocycles. The van der Waals surface area contributed by atoms with Gasteiger partial charge in [0.05, 0.1) is 6.61 Å². The number of halogens is 1. The number of rotatable bonds is 5. The van der Waals surface area contributed by atoms with Crippen LogP contribution in [-0.2, 0) is 0 Å². The van der Waals surface area contributed by atoms with Gasteiger partial charge in [-0.3, -0.25) is 0 Å². The lowest BCUT2D eigenvalue weighted by Gasteiger charge is -2.33. The molecule has 2 aromatic carbocycles. The van der Waals surface area contributed by atoms with Gasteiger partial charge < -0.3 is 10.1 Å². The Morgan fingerprint density at radius 2 is 1.70 bits per heavy atom. The second-order valence-electron chi connectivity index (χ2n) is 8.09. The Balaban J connectivity index is 1.46. The van der Waals surface area contributed by atoms with E-state index in [2.05, 4.69) is 29.6 Å². The highest BCUT2D eigenvalue weighted by Gasteiger charge is 2.27. The van der Waals surface area contributed by atoms with E-state index in [4.69, 9.17) is 4.74 Å². The SMILES string of the molecule is Fc1ccc([C@@H]2CCNC[C@H]2COc2ccccc2C2CCCCC2)cc1. The van der Waals surface area contributed by atoms with Gasteiger partial charge in [-0.25, -0.2) is 4.39 Å². The van der Waals surface area contributed by atoms with Crippen LogP contribution in [0.3, 0.4) is 0 Å². The molecule has 144 valence electrons. The number of para-hydroxylation sites is 1. The predicted octanol–water partition coefficient (Wildman–Crippen LogP) is 5.65. The zero-order valence-corrected chi connectivity index (χ0v) is 16.0. The number of piperidine rings is 1. The van der Waals surface area contributed by atoms with Gasteiger partial charge in [0, 0.05) is 12.5 Å². The van der Waals surface area contributed by atoms with Crippen molar-refractivity contribution in [3.05, 3.63) is 65.5 Å². The van der Waals surface area contributed by atoms with E-state index in [9.17, 15) is 4.39 Å². The summed E-state index contributed by atoms with van der Waals surface area (Å²) in [4.78, 5) is 0. The van der Waals surface area contributed by atoms with Crippen molar-refractivity contribution in [3.8, 4) is 5.75 Å². The van der Waals surface area contributed by atoms with Crippen LogP contribution < -0.4 is 10.1 Å². The lowest BCUT2D eigenvalue weighted by atomic mass is 9.81. The Kier molecular flexibility index (Phi) is 6.08. The van der Waals surface area contributed by atoms with Crippen molar-refractivity contribution in [1.82, 2.24) is 5.32 Å². The molecule has 2 nitrogen and oxygen atoms in total. The molecule has 2 aliphatic rings. The molecule has 0 unspecified atom stereocenters. The largest absolute Gasteiger partial charge is 0.493 e. The maximum absolute atomic E-state index is 13.3. The van der Waals surface area contributed by atoms with Crippen LogP contribution in [0.1, 0.15) is 61.5 Å². The van der Waals surface area contributed by atoms with Crippen LogP contribution in [-0.4, -0.2) is 19.7 Å². The molecule has 1 heterocycles. The van der Waals surface area contributed by atoms with Gasteiger partial charge in [-0.15, -0.1) is 0 Å². The van der Waals surface area contributed by atoms with E-state index in [0.717, 1.165) is 25.3 Å². The minimum Gasteiger partial charge on any atom is -0.493 e. The van der Waals surface area contributed by atoms with Crippen molar-refractivity contribution in [3.63, 3.8) is 0 Å². The molecule has 0 spiro atoms. The van der Waals surface area contributed by atoms with Crippen LogP contribution in [0.5, 0.6) is 5.75 Å². The van der Waals surface area contributed by atoms with Crippen molar-refractivity contribution in [2.45, 2.75) is 50.4 Å². The third-order valence-corrected chi connectivity index (χ3v) is 6.32. The smallest absolute Gasteiger partial charge is 0.123 e. The fourth-order valence-corrected chi connectivity index (χ4v) is 4.81. The summed E-state index contributed by atoms with van der Waals surface area (Å²) in [5, 5.41) is 3.51. The highest BCUT2D eigenvalue weighted by Crippen LogP contribution is 2.38. The van der Waals surface area contributed by atoms with E-state index >= 15 is 0 Å². The van der Waals surface area contributed by atoms with Crippen LogP contribution in [0.25, 0.3) is 0 Å². The molecular formula is C24H30FNO. The monoisotopic (exact) mass is 367 g/mol. The third kappa shape index (κ3) is 4.52. The Morgan fingerprint density at radius 1 is 0.926 bits per heavy atom. The lowest BCUT2D eigenvalue weighted by molar-refractivity contribution is 0.194. The summed E-state index contributed by atoms with van der Waals surface area (Å²) in [5.41, 5.74) is 2.62. The second kappa shape index (κ2) is 8.88. The van der Waals surface area contributed by atoms with Gasteiger partial charge in [0.1, 0.15) is 11.6 Å². The number of hydrogen-bond acceptors (Lipinski definition) is 2. The highest BCUT2D eigenvalue weighted by atomic mass is 19.1. The lowest BCUT2D eigenvalue weighted by Crippen LogP contribution is -2.38. The van der Waals surface area contributed by atoms with Crippen LogP contribution in [0.2, 0.25) is 0 Å². The summed E-state index contributed by atoms with van der Waals surface area (Å²) in [6.45, 7) is 2.67. The molecule has 0 radical (unpaired) electrons. The first kappa shape index (κ1) is 18.5. The Labute approximate surface area is 162 Å². The zero-order valence-electron chi connectivity index (χ0n) is 16.0. The first-order valence-corrected chi connectivity index (χ1v) is 10.5. The van der Waals surface area contributed by atoms with Gasteiger partial charge in [0.25, 0.3) is 0 Å². The number of nitrogens with one attached hydrogen (secondary N) is 1. The highest BCUT2D eigenvalue weighted by molar-refractivity contribution is 5.36. The van der Waals surface area contributed by atoms with Crippen molar-refractivity contribution in [2.75, 3.05) is 19.7 Å². The van der Waals surface area contributed by atoms with Crippen molar-refractivity contribution >= 4 is 0 Å². The number of ether oxygens (including phenoxy) is 1. The van der Waals surface area contributed by atoms with Crippen molar-refractivity contribution < 1.29 is 9.13 Å². The zero-order chi connectivity index (χ0) is 18.5. The molecule has 4 rings (SSSR count). The molecule has 3 heteroatoms. The molecule has 27 heavy (non-hydrogen) atoms. The van der Waals surface area contributed by atoms with Gasteiger partial charge >= 0.3 is 0 Å². The van der Waals surface area contributed by atoms with Crippen molar-refractivity contribution in [1.29, 1.82) is 0 Å². The molecule has 2 atom stereocenters. The van der Waals surface area contributed by atoms with Crippen LogP contribution in [0, 0.1) is 11.7 Å². The van der Waals surface area contributed by atoms with Crippen LogP contribution >= 0.6 is 0 Å². The van der Waals surface area contributed by atoms with E-state index < -0.39 is 0 Å². The third-order valence-electron chi connectivity index (χ3n) is 6.32. The summed E-state index contributed by atoms with van der Waals surface area (Å²) in [6.07, 6.45) is 7.67. The normalized spacial score (nSPS) is 23.9. The molecule has 1 aliphatic heterocycles. The second-order valence-corrected chi connectivity index (χ2v) is 8.09. The van der Waals surface area contributed by atoms with E-state index in [0.29, 0.717) is 24.4 Å². The maximum atomic E-state index is 13.3. The first-order chi connectivity index (χ1) is 13.3. The molecule has 1 saturated carbocycles. The maximum Gasteiger partial charge on any atom is 0.123 e. The first-order valence-electron chi connectivity index (χ1n) is 10.5. The molecule has 0 bridgehead atoms. The number of benzene rings is 2. The molecule has 1 N–H and O–H groups in total. The minimum absolute atomic E-state index is 0.165. The summed E-state index contributed by atoms with van der Waals surface area (Å²) < 4.78 is 19.7. The summed E-state index contributed by atoms with van der Waals surface area (Å²) in [5.74, 6) is 2.37. The topological polar surface area (TPSA) is 21.3 Å². The standard InChI is InChI=1S/C24H30FNO/c25-21-12-10-19(11-13-21)22-14-15-26-16-20(22)17-27-24-9-5-4-8-23(24)18-6-2-1-3-7-18/h4-5,8-13,18,20,22,26H,1-3,6-7,14-17H2/t20-,22-/m0/s1. The molecule has 2 fully saturated rings. The predicted molar refractivity (Wildman–Crippen MR) is 108 cm³/mol.